The van der Waals surface area contributed by atoms with Crippen molar-refractivity contribution < 1.29 is 33.2 Å². The first kappa shape index (κ1) is 21.0. The fourth-order valence-electron chi connectivity index (χ4n) is 4.90. The summed E-state index contributed by atoms with van der Waals surface area (Å²) in [6.07, 6.45) is 0.748. The lowest BCUT2D eigenvalue weighted by Crippen LogP contribution is -2.57. The molecule has 0 aromatic heterocycles. The first-order valence-electron chi connectivity index (χ1n) is 10.8. The average Bonchev–Trinajstić information content (AvgIpc) is 3.29. The van der Waals surface area contributed by atoms with Crippen LogP contribution in [0.15, 0.2) is 24.3 Å². The van der Waals surface area contributed by atoms with Crippen molar-refractivity contribution in [3.05, 3.63) is 35.4 Å². The average molecular weight is 443 g/mol. The predicted molar refractivity (Wildman–Crippen MR) is 117 cm³/mol. The molecule has 1 saturated heterocycles. The molecular formula is C24H29NO7. The number of hydrogen-bond donors (Lipinski definition) is 0. The first-order chi connectivity index (χ1) is 15.6. The van der Waals surface area contributed by atoms with Crippen LogP contribution in [0.25, 0.3) is 0 Å². The van der Waals surface area contributed by atoms with E-state index in [0.717, 1.165) is 42.1 Å². The Labute approximate surface area is 187 Å². The van der Waals surface area contributed by atoms with Gasteiger partial charge in [0.15, 0.2) is 28.7 Å². The van der Waals surface area contributed by atoms with Gasteiger partial charge in [-0.2, -0.15) is 0 Å². The number of hydrogen-bond acceptors (Lipinski definition) is 8. The molecule has 8 nitrogen and oxygen atoms in total. The normalized spacial score (nSPS) is 24.4. The SMILES string of the molecule is COc1cc([C@H]2C[C@](C)(N3CCOCC3)Oc3cc4c(cc32)OCO4)cc(OC)c1OC. The second-order valence-corrected chi connectivity index (χ2v) is 8.34. The van der Waals surface area contributed by atoms with E-state index in [0.29, 0.717) is 36.2 Å². The van der Waals surface area contributed by atoms with Crippen LogP contribution < -0.4 is 28.4 Å². The van der Waals surface area contributed by atoms with Gasteiger partial charge in [0.1, 0.15) is 5.75 Å². The Morgan fingerprint density at radius 3 is 2.16 bits per heavy atom. The predicted octanol–water partition coefficient (Wildman–Crippen LogP) is 3.40. The summed E-state index contributed by atoms with van der Waals surface area (Å²) < 4.78 is 40.3. The third-order valence-corrected chi connectivity index (χ3v) is 6.56. The summed E-state index contributed by atoms with van der Waals surface area (Å²) in [7, 11) is 4.88. The molecule has 0 amide bonds. The summed E-state index contributed by atoms with van der Waals surface area (Å²) in [5.41, 5.74) is 1.60. The lowest BCUT2D eigenvalue weighted by Gasteiger charge is -2.48. The Kier molecular flexibility index (Phi) is 5.43. The largest absolute Gasteiger partial charge is 0.493 e. The number of ether oxygens (including phenoxy) is 7. The van der Waals surface area contributed by atoms with Crippen LogP contribution in [0.5, 0.6) is 34.5 Å². The Balaban J connectivity index is 1.63. The molecule has 8 heteroatoms. The lowest BCUT2D eigenvalue weighted by atomic mass is 9.81. The number of fused-ring (bicyclic) bond motifs is 2. The quantitative estimate of drug-likeness (QED) is 0.697. The fourth-order valence-corrected chi connectivity index (χ4v) is 4.90. The fraction of sp³-hybridized carbons (Fsp3) is 0.500. The zero-order chi connectivity index (χ0) is 22.3. The Hall–Kier alpha value is -2.84. The maximum Gasteiger partial charge on any atom is 0.231 e. The van der Waals surface area contributed by atoms with Gasteiger partial charge in [-0.25, -0.2) is 0 Å². The summed E-state index contributed by atoms with van der Waals surface area (Å²) in [4.78, 5) is 2.36. The van der Waals surface area contributed by atoms with Gasteiger partial charge in [-0.1, -0.05) is 0 Å². The molecule has 2 atom stereocenters. The molecule has 0 bridgehead atoms. The number of nitrogens with zero attached hydrogens (tertiary/aromatic N) is 1. The summed E-state index contributed by atoms with van der Waals surface area (Å²) in [5, 5.41) is 0. The number of benzene rings is 2. The van der Waals surface area contributed by atoms with Crippen LogP contribution >= 0.6 is 0 Å². The van der Waals surface area contributed by atoms with Crippen LogP contribution in [0.3, 0.4) is 0 Å². The van der Waals surface area contributed by atoms with Crippen molar-refractivity contribution in [2.24, 2.45) is 0 Å². The van der Waals surface area contributed by atoms with Crippen LogP contribution in [-0.4, -0.2) is 65.1 Å². The van der Waals surface area contributed by atoms with Gasteiger partial charge in [0.2, 0.25) is 12.5 Å². The molecule has 2 aromatic carbocycles. The van der Waals surface area contributed by atoms with E-state index < -0.39 is 5.72 Å². The highest BCUT2D eigenvalue weighted by molar-refractivity contribution is 5.60. The zero-order valence-corrected chi connectivity index (χ0v) is 18.9. The number of rotatable bonds is 5. The lowest BCUT2D eigenvalue weighted by molar-refractivity contribution is -0.124. The molecule has 172 valence electrons. The molecule has 3 heterocycles. The molecular weight excluding hydrogens is 414 g/mol. The molecule has 3 aliphatic rings. The minimum atomic E-state index is -0.504. The summed E-state index contributed by atoms with van der Waals surface area (Å²) in [5.74, 6) is 4.10. The molecule has 5 rings (SSSR count). The molecule has 0 aliphatic carbocycles. The highest BCUT2D eigenvalue weighted by Gasteiger charge is 2.44. The smallest absolute Gasteiger partial charge is 0.231 e. The van der Waals surface area contributed by atoms with Gasteiger partial charge in [-0.15, -0.1) is 0 Å². The highest BCUT2D eigenvalue weighted by Crippen LogP contribution is 2.52. The first-order valence-corrected chi connectivity index (χ1v) is 10.8. The van der Waals surface area contributed by atoms with Gasteiger partial charge < -0.3 is 33.2 Å². The number of morpholine rings is 1. The van der Waals surface area contributed by atoms with Crippen molar-refractivity contribution in [2.45, 2.75) is 25.0 Å². The van der Waals surface area contributed by atoms with E-state index in [1.165, 1.54) is 0 Å². The monoisotopic (exact) mass is 443 g/mol. The van der Waals surface area contributed by atoms with Crippen molar-refractivity contribution in [3.63, 3.8) is 0 Å². The maximum atomic E-state index is 6.64. The van der Waals surface area contributed by atoms with Crippen molar-refractivity contribution in [1.29, 1.82) is 0 Å². The van der Waals surface area contributed by atoms with Crippen LogP contribution in [0.2, 0.25) is 0 Å². The third-order valence-electron chi connectivity index (χ3n) is 6.56. The molecule has 0 unspecified atom stereocenters. The minimum absolute atomic E-state index is 0.0230. The van der Waals surface area contributed by atoms with E-state index in [2.05, 4.69) is 11.8 Å². The van der Waals surface area contributed by atoms with Crippen LogP contribution in [0, 0.1) is 0 Å². The second-order valence-electron chi connectivity index (χ2n) is 8.34. The Morgan fingerprint density at radius 2 is 1.53 bits per heavy atom. The molecule has 2 aromatic rings. The Morgan fingerprint density at radius 1 is 0.875 bits per heavy atom. The van der Waals surface area contributed by atoms with Gasteiger partial charge in [0, 0.05) is 37.1 Å². The van der Waals surface area contributed by atoms with E-state index in [1.807, 2.05) is 24.3 Å². The van der Waals surface area contributed by atoms with Crippen LogP contribution in [-0.2, 0) is 4.74 Å². The Bertz CT molecular complexity index is 979. The number of methoxy groups -OCH3 is 3. The van der Waals surface area contributed by atoms with Gasteiger partial charge in [-0.3, -0.25) is 4.90 Å². The molecule has 32 heavy (non-hydrogen) atoms. The van der Waals surface area contributed by atoms with Crippen LogP contribution in [0.4, 0.5) is 0 Å². The topological polar surface area (TPSA) is 67.9 Å². The van der Waals surface area contributed by atoms with Gasteiger partial charge in [-0.05, 0) is 30.7 Å². The molecule has 0 radical (unpaired) electrons. The van der Waals surface area contributed by atoms with E-state index in [4.69, 9.17) is 33.2 Å². The molecule has 3 aliphatic heterocycles. The highest BCUT2D eigenvalue weighted by atomic mass is 16.7. The van der Waals surface area contributed by atoms with Gasteiger partial charge in [0.25, 0.3) is 0 Å². The molecule has 0 spiro atoms. The summed E-state index contributed by atoms with van der Waals surface area (Å²) in [6.45, 7) is 5.39. The van der Waals surface area contributed by atoms with Crippen molar-refractivity contribution >= 4 is 0 Å². The maximum absolute atomic E-state index is 6.64. The van der Waals surface area contributed by atoms with E-state index in [-0.39, 0.29) is 12.7 Å². The van der Waals surface area contributed by atoms with Crippen molar-refractivity contribution in [2.75, 3.05) is 54.4 Å². The van der Waals surface area contributed by atoms with E-state index >= 15 is 0 Å². The third kappa shape index (κ3) is 3.47. The second kappa shape index (κ2) is 8.26. The molecule has 1 fully saturated rings. The summed E-state index contributed by atoms with van der Waals surface area (Å²) in [6, 6.07) is 8.02. The molecule has 0 saturated carbocycles. The van der Waals surface area contributed by atoms with Gasteiger partial charge >= 0.3 is 0 Å². The zero-order valence-electron chi connectivity index (χ0n) is 18.9. The van der Waals surface area contributed by atoms with E-state index in [1.54, 1.807) is 21.3 Å². The van der Waals surface area contributed by atoms with Crippen LogP contribution in [0.1, 0.15) is 30.4 Å². The van der Waals surface area contributed by atoms with Crippen molar-refractivity contribution in [3.8, 4) is 34.5 Å². The standard InChI is InChI=1S/C24H29NO7/c1-24(25-5-7-29-8-6-25)13-17(15-9-21(26-2)23(28-4)22(10-15)27-3)16-11-19-20(31-14-30-19)12-18(16)32-24/h9-12,17H,5-8,13-14H2,1-4H3/t17-,24-/m1/s1. The summed E-state index contributed by atoms with van der Waals surface area (Å²) >= 11 is 0. The minimum Gasteiger partial charge on any atom is -0.493 e. The van der Waals surface area contributed by atoms with E-state index in [9.17, 15) is 0 Å². The van der Waals surface area contributed by atoms with Gasteiger partial charge in [0.05, 0.1) is 34.5 Å². The van der Waals surface area contributed by atoms with Crippen molar-refractivity contribution in [1.82, 2.24) is 4.90 Å². The molecule has 0 N–H and O–H groups in total.